The molecule has 19 heavy (non-hydrogen) atoms. The van der Waals surface area contributed by atoms with E-state index in [9.17, 15) is 4.79 Å². The number of ketones is 1. The molecule has 0 bridgehead atoms. The summed E-state index contributed by atoms with van der Waals surface area (Å²) in [4.78, 5) is 14.8. The molecule has 108 valence electrons. The molecule has 3 rings (SSSR count). The highest BCUT2D eigenvalue weighted by Gasteiger charge is 2.37. The fourth-order valence-electron chi connectivity index (χ4n) is 4.58. The molecule has 2 heteroatoms. The zero-order valence-electron chi connectivity index (χ0n) is 12.3. The maximum absolute atomic E-state index is 12.3. The molecule has 3 fully saturated rings. The first-order valence-electron chi connectivity index (χ1n) is 8.53. The standard InChI is InChI=1S/C17H29NO/c19-16(15-6-2-1-3-7-15)14-18-12-10-17(11-13-18)8-4-5-9-17/h15H,1-14H2. The maximum Gasteiger partial charge on any atom is 0.149 e. The number of carbonyl (C=O) groups is 1. The lowest BCUT2D eigenvalue weighted by Crippen LogP contribution is -2.42. The van der Waals surface area contributed by atoms with E-state index in [0.29, 0.717) is 17.1 Å². The highest BCUT2D eigenvalue weighted by Crippen LogP contribution is 2.46. The van der Waals surface area contributed by atoms with E-state index in [1.54, 1.807) is 0 Å². The van der Waals surface area contributed by atoms with Gasteiger partial charge in [0.1, 0.15) is 5.78 Å². The van der Waals surface area contributed by atoms with Crippen molar-refractivity contribution in [1.82, 2.24) is 4.90 Å². The van der Waals surface area contributed by atoms with E-state index in [4.69, 9.17) is 0 Å². The predicted molar refractivity (Wildman–Crippen MR) is 78.2 cm³/mol. The van der Waals surface area contributed by atoms with Crippen LogP contribution in [0.4, 0.5) is 0 Å². The molecule has 0 aromatic rings. The van der Waals surface area contributed by atoms with Gasteiger partial charge in [0.25, 0.3) is 0 Å². The van der Waals surface area contributed by atoms with Gasteiger partial charge in [0.2, 0.25) is 0 Å². The number of piperidine rings is 1. The summed E-state index contributed by atoms with van der Waals surface area (Å²) in [5.74, 6) is 0.943. The zero-order valence-corrected chi connectivity index (χ0v) is 12.3. The van der Waals surface area contributed by atoms with Crippen LogP contribution in [0.3, 0.4) is 0 Å². The van der Waals surface area contributed by atoms with Crippen LogP contribution in [0.1, 0.15) is 70.6 Å². The average Bonchev–Trinajstić information content (AvgIpc) is 2.91. The monoisotopic (exact) mass is 263 g/mol. The molecular formula is C17H29NO. The summed E-state index contributed by atoms with van der Waals surface area (Å²) < 4.78 is 0. The van der Waals surface area contributed by atoms with Gasteiger partial charge in [-0.25, -0.2) is 0 Å². The maximum atomic E-state index is 12.3. The van der Waals surface area contributed by atoms with Gasteiger partial charge < -0.3 is 0 Å². The summed E-state index contributed by atoms with van der Waals surface area (Å²) >= 11 is 0. The molecule has 2 aliphatic carbocycles. The quantitative estimate of drug-likeness (QED) is 0.772. The number of rotatable bonds is 3. The number of hydrogen-bond acceptors (Lipinski definition) is 2. The van der Waals surface area contributed by atoms with Crippen LogP contribution in [0, 0.1) is 11.3 Å². The van der Waals surface area contributed by atoms with Gasteiger partial charge in [0.15, 0.2) is 0 Å². The highest BCUT2D eigenvalue weighted by atomic mass is 16.1. The van der Waals surface area contributed by atoms with Gasteiger partial charge in [-0.1, -0.05) is 32.1 Å². The van der Waals surface area contributed by atoms with Crippen molar-refractivity contribution >= 4 is 5.78 Å². The first-order valence-corrected chi connectivity index (χ1v) is 8.53. The Bertz CT molecular complexity index is 303. The third kappa shape index (κ3) is 3.21. The van der Waals surface area contributed by atoms with Crippen LogP contribution in [-0.2, 0) is 4.79 Å². The van der Waals surface area contributed by atoms with Crippen molar-refractivity contribution in [1.29, 1.82) is 0 Å². The van der Waals surface area contributed by atoms with Crippen molar-refractivity contribution in [2.75, 3.05) is 19.6 Å². The molecule has 1 spiro atoms. The van der Waals surface area contributed by atoms with Crippen LogP contribution in [0.2, 0.25) is 0 Å². The normalized spacial score (nSPS) is 28.8. The van der Waals surface area contributed by atoms with Crippen LogP contribution >= 0.6 is 0 Å². The molecule has 1 aliphatic heterocycles. The van der Waals surface area contributed by atoms with E-state index < -0.39 is 0 Å². The van der Waals surface area contributed by atoms with Crippen LogP contribution in [0.15, 0.2) is 0 Å². The third-order valence-corrected chi connectivity index (χ3v) is 6.02. The van der Waals surface area contributed by atoms with Gasteiger partial charge in [0.05, 0.1) is 6.54 Å². The van der Waals surface area contributed by atoms with Crippen molar-refractivity contribution in [3.8, 4) is 0 Å². The van der Waals surface area contributed by atoms with Gasteiger partial charge in [-0.05, 0) is 57.0 Å². The van der Waals surface area contributed by atoms with Crippen molar-refractivity contribution in [3.63, 3.8) is 0 Å². The summed E-state index contributed by atoms with van der Waals surface area (Å²) in [5, 5.41) is 0. The van der Waals surface area contributed by atoms with Gasteiger partial charge in [-0.3, -0.25) is 9.69 Å². The number of carbonyl (C=O) groups excluding carboxylic acids is 1. The topological polar surface area (TPSA) is 20.3 Å². The Labute approximate surface area is 117 Å². The Hall–Kier alpha value is -0.370. The molecule has 0 aromatic carbocycles. The van der Waals surface area contributed by atoms with Crippen molar-refractivity contribution in [2.24, 2.45) is 11.3 Å². The van der Waals surface area contributed by atoms with Crippen molar-refractivity contribution < 1.29 is 4.79 Å². The first-order chi connectivity index (χ1) is 9.27. The molecule has 2 saturated carbocycles. The highest BCUT2D eigenvalue weighted by molar-refractivity contribution is 5.83. The first kappa shape index (κ1) is 13.6. The number of nitrogens with zero attached hydrogens (tertiary/aromatic N) is 1. The number of hydrogen-bond donors (Lipinski definition) is 0. The lowest BCUT2D eigenvalue weighted by Gasteiger charge is -2.39. The van der Waals surface area contributed by atoms with Crippen molar-refractivity contribution in [3.05, 3.63) is 0 Å². The van der Waals surface area contributed by atoms with Crippen LogP contribution in [0.5, 0.6) is 0 Å². The van der Waals surface area contributed by atoms with E-state index in [1.165, 1.54) is 70.9 Å². The Morgan fingerprint density at radius 2 is 1.53 bits per heavy atom. The van der Waals surface area contributed by atoms with E-state index in [-0.39, 0.29) is 0 Å². The molecule has 3 aliphatic rings. The zero-order chi connectivity index (χ0) is 13.1. The summed E-state index contributed by atoms with van der Waals surface area (Å²) in [6, 6.07) is 0. The molecule has 0 radical (unpaired) electrons. The number of Topliss-reactive ketones (excluding diaryl/α,β-unsaturated/α-hetero) is 1. The fraction of sp³-hybridized carbons (Fsp3) is 0.941. The Kier molecular flexibility index (Phi) is 4.26. The molecule has 0 N–H and O–H groups in total. The molecule has 1 heterocycles. The molecule has 0 amide bonds. The molecule has 0 unspecified atom stereocenters. The Morgan fingerprint density at radius 1 is 0.895 bits per heavy atom. The lowest BCUT2D eigenvalue weighted by atomic mass is 9.77. The smallest absolute Gasteiger partial charge is 0.149 e. The molecular weight excluding hydrogens is 234 g/mol. The van der Waals surface area contributed by atoms with E-state index in [2.05, 4.69) is 4.90 Å². The van der Waals surface area contributed by atoms with Gasteiger partial charge in [0, 0.05) is 5.92 Å². The van der Waals surface area contributed by atoms with Crippen molar-refractivity contribution in [2.45, 2.75) is 70.6 Å². The SMILES string of the molecule is O=C(CN1CCC2(CCCC2)CC1)C1CCCCC1. The second-order valence-corrected chi connectivity index (χ2v) is 7.28. The minimum Gasteiger partial charge on any atom is -0.298 e. The second kappa shape index (κ2) is 5.95. The van der Waals surface area contributed by atoms with E-state index in [0.717, 1.165) is 19.4 Å². The van der Waals surface area contributed by atoms with Crippen LogP contribution in [-0.4, -0.2) is 30.3 Å². The van der Waals surface area contributed by atoms with Gasteiger partial charge in [-0.2, -0.15) is 0 Å². The summed E-state index contributed by atoms with van der Waals surface area (Å²) in [6.07, 6.45) is 14.7. The summed E-state index contributed by atoms with van der Waals surface area (Å²) in [6.45, 7) is 3.11. The Balaban J connectivity index is 1.45. The fourth-order valence-corrected chi connectivity index (χ4v) is 4.58. The second-order valence-electron chi connectivity index (χ2n) is 7.28. The molecule has 1 saturated heterocycles. The largest absolute Gasteiger partial charge is 0.298 e. The van der Waals surface area contributed by atoms with Crippen LogP contribution in [0.25, 0.3) is 0 Å². The summed E-state index contributed by atoms with van der Waals surface area (Å²) in [7, 11) is 0. The minimum absolute atomic E-state index is 0.399. The number of likely N-dealkylation sites (tertiary alicyclic amines) is 1. The molecule has 0 aromatic heterocycles. The van der Waals surface area contributed by atoms with E-state index in [1.807, 2.05) is 0 Å². The molecule has 0 atom stereocenters. The average molecular weight is 263 g/mol. The molecule has 2 nitrogen and oxygen atoms in total. The van der Waals surface area contributed by atoms with Gasteiger partial charge in [-0.15, -0.1) is 0 Å². The lowest BCUT2D eigenvalue weighted by molar-refractivity contribution is -0.125. The minimum atomic E-state index is 0.399. The third-order valence-electron chi connectivity index (χ3n) is 6.02. The summed E-state index contributed by atoms with van der Waals surface area (Å²) in [5.41, 5.74) is 0.685. The van der Waals surface area contributed by atoms with Crippen LogP contribution < -0.4 is 0 Å². The predicted octanol–water partition coefficient (Wildman–Crippen LogP) is 3.79. The Morgan fingerprint density at radius 3 is 2.16 bits per heavy atom. The van der Waals surface area contributed by atoms with Gasteiger partial charge >= 0.3 is 0 Å². The van der Waals surface area contributed by atoms with E-state index >= 15 is 0 Å².